The lowest BCUT2D eigenvalue weighted by molar-refractivity contribution is -0.141. The first-order valence-electron chi connectivity index (χ1n) is 14.0. The third-order valence-electron chi connectivity index (χ3n) is 6.83. The van der Waals surface area contributed by atoms with Crippen molar-refractivity contribution in [2.45, 2.75) is 52.1 Å². The van der Waals surface area contributed by atoms with E-state index in [1.54, 1.807) is 17.0 Å². The minimum absolute atomic E-state index is 0.0497. The summed E-state index contributed by atoms with van der Waals surface area (Å²) in [6.07, 6.45) is 2.54. The molecule has 1 N–H and O–H groups in total. The van der Waals surface area contributed by atoms with Crippen LogP contribution in [0.1, 0.15) is 42.9 Å². The van der Waals surface area contributed by atoms with Crippen LogP contribution in [-0.4, -0.2) is 57.6 Å². The summed E-state index contributed by atoms with van der Waals surface area (Å²) in [5.74, 6) is -0.0145. The van der Waals surface area contributed by atoms with Crippen LogP contribution in [0.4, 0.5) is 5.69 Å². The molecular weight excluding hydrogens is 574 g/mol. The van der Waals surface area contributed by atoms with E-state index in [2.05, 4.69) is 5.32 Å². The number of hydrogen-bond donors (Lipinski definition) is 1. The van der Waals surface area contributed by atoms with E-state index < -0.39 is 16.1 Å². The molecule has 0 fully saturated rings. The minimum Gasteiger partial charge on any atom is -0.495 e. The molecule has 0 saturated carbocycles. The Morgan fingerprint density at radius 3 is 2.33 bits per heavy atom. The first kappa shape index (κ1) is 32.9. The number of anilines is 1. The third kappa shape index (κ3) is 9.49. The number of halogens is 1. The number of aryl methyl sites for hydroxylation is 1. The molecule has 10 heteroatoms. The molecule has 0 bridgehead atoms. The van der Waals surface area contributed by atoms with Crippen LogP contribution in [0.5, 0.6) is 5.75 Å². The molecule has 0 spiro atoms. The second kappa shape index (κ2) is 15.6. The number of amides is 2. The van der Waals surface area contributed by atoms with E-state index in [-0.39, 0.29) is 42.8 Å². The van der Waals surface area contributed by atoms with Crippen molar-refractivity contribution in [1.29, 1.82) is 0 Å². The van der Waals surface area contributed by atoms with Crippen LogP contribution in [0, 0.1) is 6.92 Å². The van der Waals surface area contributed by atoms with Crippen LogP contribution >= 0.6 is 11.6 Å². The molecule has 0 saturated heterocycles. The first-order chi connectivity index (χ1) is 20.0. The van der Waals surface area contributed by atoms with Crippen LogP contribution in [0.15, 0.2) is 72.8 Å². The monoisotopic (exact) mass is 613 g/mol. The van der Waals surface area contributed by atoms with Crippen LogP contribution in [-0.2, 0) is 32.6 Å². The number of carbonyl (C=O) groups excluding carboxylic acids is 2. The highest BCUT2D eigenvalue weighted by Gasteiger charge is 2.30. The third-order valence-corrected chi connectivity index (χ3v) is 8.32. The van der Waals surface area contributed by atoms with Gasteiger partial charge in [0.1, 0.15) is 11.8 Å². The predicted molar refractivity (Wildman–Crippen MR) is 168 cm³/mol. The van der Waals surface area contributed by atoms with Gasteiger partial charge in [-0.2, -0.15) is 0 Å². The number of ether oxygens (including phenoxy) is 1. The summed E-state index contributed by atoms with van der Waals surface area (Å²) in [6, 6.07) is 21.5. The molecule has 42 heavy (non-hydrogen) atoms. The standard InChI is InChI=1S/C32H40ClN3O5S/c1-5-18-34-32(38)29(21-25-12-7-6-8-13-25)35(23-26-14-9-11-24(2)20-26)31(37)15-10-19-36(42(4,39)40)27-16-17-30(41-3)28(33)22-27/h6-9,11-14,16-17,20,22,29H,5,10,15,18-19,21,23H2,1-4H3,(H,34,38)/t29-/m1/s1. The van der Waals surface area contributed by atoms with Crippen molar-refractivity contribution in [1.82, 2.24) is 10.2 Å². The van der Waals surface area contributed by atoms with Crippen molar-refractivity contribution >= 4 is 39.1 Å². The lowest BCUT2D eigenvalue weighted by Gasteiger charge is -2.32. The van der Waals surface area contributed by atoms with E-state index in [1.807, 2.05) is 68.4 Å². The molecule has 8 nitrogen and oxygen atoms in total. The zero-order valence-electron chi connectivity index (χ0n) is 24.7. The quantitative estimate of drug-likeness (QED) is 0.249. The predicted octanol–water partition coefficient (Wildman–Crippen LogP) is 5.37. The molecular formula is C32H40ClN3O5S. The number of benzene rings is 3. The average molecular weight is 614 g/mol. The summed E-state index contributed by atoms with van der Waals surface area (Å²) in [4.78, 5) is 29.0. The van der Waals surface area contributed by atoms with Crippen molar-refractivity contribution in [2.24, 2.45) is 0 Å². The number of nitrogens with one attached hydrogen (secondary N) is 1. The molecule has 0 aliphatic carbocycles. The van der Waals surface area contributed by atoms with Gasteiger partial charge in [-0.25, -0.2) is 8.42 Å². The molecule has 0 aliphatic rings. The van der Waals surface area contributed by atoms with Crippen LogP contribution in [0.3, 0.4) is 0 Å². The Morgan fingerprint density at radius 1 is 1.00 bits per heavy atom. The van der Waals surface area contributed by atoms with Gasteiger partial charge >= 0.3 is 0 Å². The maximum Gasteiger partial charge on any atom is 0.243 e. The fourth-order valence-corrected chi connectivity index (χ4v) is 5.95. The van der Waals surface area contributed by atoms with Gasteiger partial charge in [0.25, 0.3) is 0 Å². The first-order valence-corrected chi connectivity index (χ1v) is 16.2. The van der Waals surface area contributed by atoms with Gasteiger partial charge in [0.2, 0.25) is 21.8 Å². The van der Waals surface area contributed by atoms with Crippen molar-refractivity contribution < 1.29 is 22.7 Å². The fraction of sp³-hybridized carbons (Fsp3) is 0.375. The Hall–Kier alpha value is -3.56. The van der Waals surface area contributed by atoms with Gasteiger partial charge in [-0.3, -0.25) is 13.9 Å². The van der Waals surface area contributed by atoms with Crippen molar-refractivity contribution in [3.8, 4) is 5.75 Å². The zero-order chi connectivity index (χ0) is 30.7. The minimum atomic E-state index is -3.66. The Morgan fingerprint density at radius 2 is 1.71 bits per heavy atom. The Bertz CT molecular complexity index is 1450. The SMILES string of the molecule is CCCNC(=O)[C@@H](Cc1ccccc1)N(Cc1cccc(C)c1)C(=O)CCCN(c1ccc(OC)c(Cl)c1)S(C)(=O)=O. The summed E-state index contributed by atoms with van der Waals surface area (Å²) in [5, 5.41) is 3.26. The van der Waals surface area contributed by atoms with Gasteiger partial charge in [0.05, 0.1) is 24.1 Å². The molecule has 2 amide bonds. The topological polar surface area (TPSA) is 96.0 Å². The van der Waals surface area contributed by atoms with E-state index in [4.69, 9.17) is 16.3 Å². The smallest absolute Gasteiger partial charge is 0.243 e. The average Bonchev–Trinajstić information content (AvgIpc) is 2.95. The van der Waals surface area contributed by atoms with E-state index >= 15 is 0 Å². The van der Waals surface area contributed by atoms with E-state index in [0.29, 0.717) is 24.4 Å². The molecule has 0 radical (unpaired) electrons. The van der Waals surface area contributed by atoms with Crippen molar-refractivity contribution in [2.75, 3.05) is 30.8 Å². The maximum absolute atomic E-state index is 13.9. The largest absolute Gasteiger partial charge is 0.495 e. The van der Waals surface area contributed by atoms with Gasteiger partial charge in [-0.05, 0) is 49.1 Å². The summed E-state index contributed by atoms with van der Waals surface area (Å²) in [5.41, 5.74) is 3.29. The summed E-state index contributed by atoms with van der Waals surface area (Å²) in [6.45, 7) is 4.78. The fourth-order valence-electron chi connectivity index (χ4n) is 4.74. The Balaban J connectivity index is 1.87. The Labute approximate surface area is 254 Å². The van der Waals surface area contributed by atoms with Crippen LogP contribution in [0.25, 0.3) is 0 Å². The molecule has 3 aromatic carbocycles. The van der Waals surface area contributed by atoms with E-state index in [9.17, 15) is 18.0 Å². The maximum atomic E-state index is 13.9. The zero-order valence-corrected chi connectivity index (χ0v) is 26.2. The lowest BCUT2D eigenvalue weighted by atomic mass is 10.0. The second-order valence-corrected chi connectivity index (χ2v) is 12.6. The van der Waals surface area contributed by atoms with Gasteiger partial charge in [-0.15, -0.1) is 0 Å². The summed E-state index contributed by atoms with van der Waals surface area (Å²) in [7, 11) is -2.18. The summed E-state index contributed by atoms with van der Waals surface area (Å²) >= 11 is 6.26. The van der Waals surface area contributed by atoms with Crippen LogP contribution in [0.2, 0.25) is 5.02 Å². The number of sulfonamides is 1. The molecule has 1 atom stereocenters. The molecule has 0 heterocycles. The van der Waals surface area contributed by atoms with Crippen molar-refractivity contribution in [3.63, 3.8) is 0 Å². The van der Waals surface area contributed by atoms with E-state index in [0.717, 1.165) is 29.4 Å². The van der Waals surface area contributed by atoms with Gasteiger partial charge in [0.15, 0.2) is 0 Å². The Kier molecular flexibility index (Phi) is 12.2. The second-order valence-electron chi connectivity index (χ2n) is 10.3. The number of rotatable bonds is 15. The summed E-state index contributed by atoms with van der Waals surface area (Å²) < 4.78 is 31.8. The van der Waals surface area contributed by atoms with Gasteiger partial charge in [-0.1, -0.05) is 78.7 Å². The highest BCUT2D eigenvalue weighted by atomic mass is 35.5. The number of nitrogens with zero attached hydrogens (tertiary/aromatic N) is 2. The molecule has 226 valence electrons. The van der Waals surface area contributed by atoms with Crippen molar-refractivity contribution in [3.05, 3.63) is 94.5 Å². The molecule has 3 rings (SSSR count). The van der Waals surface area contributed by atoms with Crippen LogP contribution < -0.4 is 14.4 Å². The highest BCUT2D eigenvalue weighted by Crippen LogP contribution is 2.30. The van der Waals surface area contributed by atoms with Gasteiger partial charge < -0.3 is 15.0 Å². The number of carbonyl (C=O) groups is 2. The van der Waals surface area contributed by atoms with Gasteiger partial charge in [0, 0.05) is 32.5 Å². The normalized spacial score (nSPS) is 11.9. The molecule has 0 aliphatic heterocycles. The number of hydrogen-bond acceptors (Lipinski definition) is 5. The molecule has 3 aromatic rings. The van der Waals surface area contributed by atoms with E-state index in [1.165, 1.54) is 17.5 Å². The highest BCUT2D eigenvalue weighted by molar-refractivity contribution is 7.92. The lowest BCUT2D eigenvalue weighted by Crippen LogP contribution is -2.50. The number of methoxy groups -OCH3 is 1. The molecule has 0 unspecified atom stereocenters. The molecule has 0 aromatic heterocycles.